The Morgan fingerprint density at radius 3 is 2.62 bits per heavy atom. The summed E-state index contributed by atoms with van der Waals surface area (Å²) in [6.45, 7) is 1.72. The molecule has 1 fully saturated rings. The zero-order valence-corrected chi connectivity index (χ0v) is 9.36. The Kier molecular flexibility index (Phi) is 2.96. The summed E-state index contributed by atoms with van der Waals surface area (Å²) in [4.78, 5) is 18.4. The number of nitrogens with one attached hydrogen (secondary N) is 1. The molecule has 1 aliphatic carbocycles. The summed E-state index contributed by atoms with van der Waals surface area (Å²) in [5.74, 6) is 0.338. The van der Waals surface area contributed by atoms with Crippen LogP contribution in [-0.4, -0.2) is 15.1 Å². The fourth-order valence-corrected chi connectivity index (χ4v) is 2.29. The van der Waals surface area contributed by atoms with Gasteiger partial charge in [0.05, 0.1) is 11.6 Å². The first-order chi connectivity index (χ1) is 7.59. The van der Waals surface area contributed by atoms with Crippen molar-refractivity contribution in [2.45, 2.75) is 44.6 Å². The highest BCUT2D eigenvalue weighted by Crippen LogP contribution is 2.35. The number of rotatable bonds is 2. The number of nitrogens with zero attached hydrogens (tertiary/aromatic N) is 1. The summed E-state index contributed by atoms with van der Waals surface area (Å²) in [5.41, 5.74) is 5.80. The summed E-state index contributed by atoms with van der Waals surface area (Å²) in [6.07, 6.45) is 4.13. The molecule has 0 bridgehead atoms. The molecule has 5 nitrogen and oxygen atoms in total. The van der Waals surface area contributed by atoms with Gasteiger partial charge in [-0.25, -0.2) is 0 Å². The van der Waals surface area contributed by atoms with Crippen molar-refractivity contribution in [1.29, 1.82) is 0 Å². The van der Waals surface area contributed by atoms with Crippen molar-refractivity contribution in [2.24, 2.45) is 5.73 Å². The van der Waals surface area contributed by atoms with Gasteiger partial charge in [0.1, 0.15) is 5.82 Å². The molecule has 0 aromatic carbocycles. The molecule has 0 aliphatic heterocycles. The average molecular weight is 223 g/mol. The quantitative estimate of drug-likeness (QED) is 0.701. The van der Waals surface area contributed by atoms with Crippen molar-refractivity contribution in [2.75, 3.05) is 0 Å². The largest absolute Gasteiger partial charge is 0.493 e. The van der Waals surface area contributed by atoms with Gasteiger partial charge in [-0.05, 0) is 25.7 Å². The standard InChI is InChI=1S/C11H17N3O2/c1-6(12)9-13-10(15)8(11(16)14-9)7-4-2-3-5-7/h6-7H,2-5,12H2,1H3,(H2,13,14,15,16). The molecular formula is C11H17N3O2. The van der Waals surface area contributed by atoms with E-state index in [2.05, 4.69) is 9.97 Å². The highest BCUT2D eigenvalue weighted by molar-refractivity contribution is 5.27. The van der Waals surface area contributed by atoms with Crippen molar-refractivity contribution in [3.05, 3.63) is 21.7 Å². The van der Waals surface area contributed by atoms with Crippen LogP contribution in [0.2, 0.25) is 0 Å². The second-order valence-corrected chi connectivity index (χ2v) is 4.46. The van der Waals surface area contributed by atoms with Crippen LogP contribution in [0.1, 0.15) is 56.0 Å². The Hall–Kier alpha value is -1.36. The lowest BCUT2D eigenvalue weighted by Gasteiger charge is -2.12. The third-order valence-corrected chi connectivity index (χ3v) is 3.15. The Balaban J connectivity index is 2.43. The van der Waals surface area contributed by atoms with Gasteiger partial charge in [-0.3, -0.25) is 4.79 Å². The molecule has 16 heavy (non-hydrogen) atoms. The zero-order valence-electron chi connectivity index (χ0n) is 9.36. The number of hydrogen-bond donors (Lipinski definition) is 3. The summed E-state index contributed by atoms with van der Waals surface area (Å²) in [5, 5.41) is 9.79. The zero-order chi connectivity index (χ0) is 11.7. The van der Waals surface area contributed by atoms with Crippen LogP contribution in [0.4, 0.5) is 0 Å². The van der Waals surface area contributed by atoms with Crippen molar-refractivity contribution in [1.82, 2.24) is 9.97 Å². The number of aromatic amines is 1. The summed E-state index contributed by atoms with van der Waals surface area (Å²) in [7, 11) is 0. The minimum Gasteiger partial charge on any atom is -0.493 e. The van der Waals surface area contributed by atoms with E-state index >= 15 is 0 Å². The molecule has 2 rings (SSSR count). The summed E-state index contributed by atoms with van der Waals surface area (Å²) < 4.78 is 0. The molecule has 1 aromatic heterocycles. The first-order valence-electron chi connectivity index (χ1n) is 5.68. The van der Waals surface area contributed by atoms with Crippen molar-refractivity contribution < 1.29 is 5.11 Å². The van der Waals surface area contributed by atoms with E-state index in [1.54, 1.807) is 6.92 Å². The van der Waals surface area contributed by atoms with E-state index in [4.69, 9.17) is 5.73 Å². The van der Waals surface area contributed by atoms with E-state index in [0.29, 0.717) is 11.4 Å². The Labute approximate surface area is 93.7 Å². The van der Waals surface area contributed by atoms with E-state index in [1.807, 2.05) is 0 Å². The Morgan fingerprint density at radius 1 is 1.50 bits per heavy atom. The molecule has 0 saturated heterocycles. The molecule has 1 aromatic rings. The topological polar surface area (TPSA) is 92.0 Å². The highest BCUT2D eigenvalue weighted by atomic mass is 16.3. The lowest BCUT2D eigenvalue weighted by atomic mass is 10.00. The van der Waals surface area contributed by atoms with Gasteiger partial charge in [0, 0.05) is 0 Å². The summed E-state index contributed by atoms with van der Waals surface area (Å²) >= 11 is 0. The maximum absolute atomic E-state index is 11.8. The smallest absolute Gasteiger partial charge is 0.258 e. The van der Waals surface area contributed by atoms with Gasteiger partial charge >= 0.3 is 0 Å². The fourth-order valence-electron chi connectivity index (χ4n) is 2.29. The number of nitrogens with two attached hydrogens (primary N) is 1. The lowest BCUT2D eigenvalue weighted by molar-refractivity contribution is 0.429. The highest BCUT2D eigenvalue weighted by Gasteiger charge is 2.24. The van der Waals surface area contributed by atoms with E-state index in [9.17, 15) is 9.90 Å². The van der Waals surface area contributed by atoms with Crippen LogP contribution in [-0.2, 0) is 0 Å². The maximum Gasteiger partial charge on any atom is 0.258 e. The van der Waals surface area contributed by atoms with Gasteiger partial charge in [-0.1, -0.05) is 12.8 Å². The molecule has 5 heteroatoms. The van der Waals surface area contributed by atoms with Crippen molar-refractivity contribution in [3.8, 4) is 5.88 Å². The Morgan fingerprint density at radius 2 is 2.12 bits per heavy atom. The second kappa shape index (κ2) is 4.25. The molecule has 88 valence electrons. The lowest BCUT2D eigenvalue weighted by Crippen LogP contribution is -2.22. The van der Waals surface area contributed by atoms with E-state index in [-0.39, 0.29) is 23.4 Å². The minimum absolute atomic E-state index is 0.150. The van der Waals surface area contributed by atoms with Gasteiger partial charge in [0.15, 0.2) is 0 Å². The van der Waals surface area contributed by atoms with Gasteiger partial charge in [-0.15, -0.1) is 0 Å². The normalized spacial score (nSPS) is 18.9. The van der Waals surface area contributed by atoms with Crippen LogP contribution in [0.15, 0.2) is 4.79 Å². The first kappa shape index (κ1) is 11.1. The molecular weight excluding hydrogens is 206 g/mol. The van der Waals surface area contributed by atoms with E-state index in [0.717, 1.165) is 25.7 Å². The van der Waals surface area contributed by atoms with Crippen LogP contribution in [0, 0.1) is 0 Å². The first-order valence-corrected chi connectivity index (χ1v) is 5.68. The fraction of sp³-hybridized carbons (Fsp3) is 0.636. The number of hydrogen-bond acceptors (Lipinski definition) is 4. The van der Waals surface area contributed by atoms with Gasteiger partial charge in [0.25, 0.3) is 5.56 Å². The maximum atomic E-state index is 11.8. The molecule has 1 unspecified atom stereocenters. The third-order valence-electron chi connectivity index (χ3n) is 3.15. The molecule has 1 saturated carbocycles. The molecule has 0 amide bonds. The average Bonchev–Trinajstić information content (AvgIpc) is 2.69. The molecule has 1 aliphatic rings. The minimum atomic E-state index is -0.378. The van der Waals surface area contributed by atoms with Gasteiger partial charge < -0.3 is 15.8 Å². The van der Waals surface area contributed by atoms with Crippen LogP contribution < -0.4 is 11.3 Å². The number of aromatic hydroxyl groups is 1. The molecule has 0 spiro atoms. The Bertz CT molecular complexity index is 433. The number of aromatic nitrogens is 2. The molecule has 1 atom stereocenters. The predicted molar refractivity (Wildman–Crippen MR) is 60.3 cm³/mol. The third kappa shape index (κ3) is 1.95. The van der Waals surface area contributed by atoms with Crippen LogP contribution in [0.25, 0.3) is 0 Å². The predicted octanol–water partition coefficient (Wildman–Crippen LogP) is 1.15. The van der Waals surface area contributed by atoms with Crippen LogP contribution in [0.5, 0.6) is 5.88 Å². The van der Waals surface area contributed by atoms with Crippen LogP contribution in [0.3, 0.4) is 0 Å². The molecule has 4 N–H and O–H groups in total. The van der Waals surface area contributed by atoms with E-state index < -0.39 is 0 Å². The molecule has 0 radical (unpaired) electrons. The monoisotopic (exact) mass is 223 g/mol. The van der Waals surface area contributed by atoms with Crippen molar-refractivity contribution in [3.63, 3.8) is 0 Å². The van der Waals surface area contributed by atoms with Crippen molar-refractivity contribution >= 4 is 0 Å². The van der Waals surface area contributed by atoms with Crippen LogP contribution >= 0.6 is 0 Å². The van der Waals surface area contributed by atoms with Gasteiger partial charge in [0.2, 0.25) is 5.88 Å². The van der Waals surface area contributed by atoms with Gasteiger partial charge in [-0.2, -0.15) is 4.98 Å². The van der Waals surface area contributed by atoms with E-state index in [1.165, 1.54) is 0 Å². The molecule has 1 heterocycles. The number of H-pyrrole nitrogens is 1. The SMILES string of the molecule is CC(N)c1nc(O)c(C2CCCC2)c(=O)[nH]1. The summed E-state index contributed by atoms with van der Waals surface area (Å²) in [6, 6.07) is -0.378. The second-order valence-electron chi connectivity index (χ2n) is 4.46.